The van der Waals surface area contributed by atoms with Gasteiger partial charge in [0.15, 0.2) is 5.65 Å². The van der Waals surface area contributed by atoms with Gasteiger partial charge in [-0.3, -0.25) is 4.40 Å². The van der Waals surface area contributed by atoms with E-state index in [1.54, 1.807) is 6.20 Å². The SMILES string of the molecule is OCc1ccc(NCc2cnc3cnc(Br)cn23)cc1. The van der Waals surface area contributed by atoms with E-state index in [0.717, 1.165) is 27.2 Å². The summed E-state index contributed by atoms with van der Waals surface area (Å²) in [6.07, 6.45) is 5.45. The molecule has 2 aromatic heterocycles. The predicted octanol–water partition coefficient (Wildman–Crippen LogP) is 2.60. The molecule has 2 N–H and O–H groups in total. The van der Waals surface area contributed by atoms with Crippen molar-refractivity contribution in [2.24, 2.45) is 0 Å². The number of nitrogens with one attached hydrogen (secondary N) is 1. The van der Waals surface area contributed by atoms with Gasteiger partial charge in [0.2, 0.25) is 0 Å². The van der Waals surface area contributed by atoms with Crippen LogP contribution in [0.25, 0.3) is 5.65 Å². The molecule has 0 aliphatic carbocycles. The number of nitrogens with zero attached hydrogens (tertiary/aromatic N) is 3. The van der Waals surface area contributed by atoms with Gasteiger partial charge in [0.05, 0.1) is 31.2 Å². The third kappa shape index (κ3) is 2.66. The zero-order chi connectivity index (χ0) is 13.9. The van der Waals surface area contributed by atoms with E-state index in [9.17, 15) is 0 Å². The standard InChI is InChI=1S/C14H13BrN4O/c15-13-8-19-12(6-18-14(19)7-17-13)5-16-11-3-1-10(9-20)2-4-11/h1-4,6-8,16,20H,5,9H2. The number of hydrogen-bond acceptors (Lipinski definition) is 4. The van der Waals surface area contributed by atoms with Crippen LogP contribution in [0, 0.1) is 0 Å². The molecule has 0 aliphatic heterocycles. The van der Waals surface area contributed by atoms with Gasteiger partial charge < -0.3 is 10.4 Å². The molecule has 0 saturated heterocycles. The van der Waals surface area contributed by atoms with E-state index in [1.165, 1.54) is 0 Å². The van der Waals surface area contributed by atoms with E-state index in [1.807, 2.05) is 41.1 Å². The lowest BCUT2D eigenvalue weighted by Gasteiger charge is -2.07. The second-order valence-electron chi connectivity index (χ2n) is 4.40. The van der Waals surface area contributed by atoms with E-state index in [4.69, 9.17) is 5.11 Å². The first-order chi connectivity index (χ1) is 9.76. The molecule has 0 radical (unpaired) electrons. The Morgan fingerprint density at radius 3 is 2.70 bits per heavy atom. The number of anilines is 1. The molecule has 102 valence electrons. The van der Waals surface area contributed by atoms with E-state index < -0.39 is 0 Å². The second kappa shape index (κ2) is 5.60. The highest BCUT2D eigenvalue weighted by Crippen LogP contribution is 2.14. The molecule has 5 nitrogen and oxygen atoms in total. The summed E-state index contributed by atoms with van der Waals surface area (Å²) in [5.74, 6) is 0. The largest absolute Gasteiger partial charge is 0.392 e. The Morgan fingerprint density at radius 2 is 1.95 bits per heavy atom. The summed E-state index contributed by atoms with van der Waals surface area (Å²) in [4.78, 5) is 8.45. The number of halogens is 1. The second-order valence-corrected chi connectivity index (χ2v) is 5.21. The topological polar surface area (TPSA) is 62.5 Å². The van der Waals surface area contributed by atoms with Crippen molar-refractivity contribution >= 4 is 27.3 Å². The molecule has 0 unspecified atom stereocenters. The zero-order valence-corrected chi connectivity index (χ0v) is 12.2. The van der Waals surface area contributed by atoms with Crippen molar-refractivity contribution in [3.8, 4) is 0 Å². The van der Waals surface area contributed by atoms with Gasteiger partial charge in [-0.15, -0.1) is 0 Å². The predicted molar refractivity (Wildman–Crippen MR) is 80.4 cm³/mol. The highest BCUT2D eigenvalue weighted by atomic mass is 79.9. The maximum Gasteiger partial charge on any atom is 0.155 e. The van der Waals surface area contributed by atoms with Gasteiger partial charge in [0.1, 0.15) is 4.60 Å². The van der Waals surface area contributed by atoms with Crippen molar-refractivity contribution in [2.45, 2.75) is 13.2 Å². The minimum Gasteiger partial charge on any atom is -0.392 e. The molecule has 0 amide bonds. The first kappa shape index (κ1) is 13.1. The fraction of sp³-hybridized carbons (Fsp3) is 0.143. The Balaban J connectivity index is 1.77. The molecule has 3 rings (SSSR count). The Morgan fingerprint density at radius 1 is 1.15 bits per heavy atom. The first-order valence-electron chi connectivity index (χ1n) is 6.17. The molecule has 0 spiro atoms. The summed E-state index contributed by atoms with van der Waals surface area (Å²) in [6, 6.07) is 7.70. The molecule has 2 heterocycles. The monoisotopic (exact) mass is 332 g/mol. The molecular weight excluding hydrogens is 320 g/mol. The molecule has 3 aromatic rings. The minimum atomic E-state index is 0.0641. The van der Waals surface area contributed by atoms with Crippen LogP contribution in [0.4, 0.5) is 5.69 Å². The van der Waals surface area contributed by atoms with Gasteiger partial charge >= 0.3 is 0 Å². The highest BCUT2D eigenvalue weighted by molar-refractivity contribution is 9.10. The van der Waals surface area contributed by atoms with Crippen LogP contribution in [0.15, 0.2) is 47.5 Å². The maximum atomic E-state index is 9.01. The van der Waals surface area contributed by atoms with E-state index in [-0.39, 0.29) is 6.61 Å². The van der Waals surface area contributed by atoms with Crippen LogP contribution in [-0.2, 0) is 13.2 Å². The third-order valence-corrected chi connectivity index (χ3v) is 3.46. The van der Waals surface area contributed by atoms with Gasteiger partial charge in [-0.1, -0.05) is 12.1 Å². The summed E-state index contributed by atoms with van der Waals surface area (Å²) in [5, 5.41) is 12.3. The number of benzene rings is 1. The number of imidazole rings is 1. The fourth-order valence-corrected chi connectivity index (χ4v) is 2.27. The van der Waals surface area contributed by atoms with Gasteiger partial charge in [-0.05, 0) is 33.6 Å². The number of aliphatic hydroxyl groups excluding tert-OH is 1. The first-order valence-corrected chi connectivity index (χ1v) is 6.97. The Hall–Kier alpha value is -1.92. The van der Waals surface area contributed by atoms with E-state index in [2.05, 4.69) is 31.2 Å². The molecule has 20 heavy (non-hydrogen) atoms. The van der Waals surface area contributed by atoms with Gasteiger partial charge in [0, 0.05) is 11.9 Å². The van der Waals surface area contributed by atoms with Crippen molar-refractivity contribution in [1.82, 2.24) is 14.4 Å². The average Bonchev–Trinajstić information content (AvgIpc) is 2.88. The number of rotatable bonds is 4. The summed E-state index contributed by atoms with van der Waals surface area (Å²) < 4.78 is 2.77. The molecule has 0 atom stereocenters. The average molecular weight is 333 g/mol. The smallest absolute Gasteiger partial charge is 0.155 e. The van der Waals surface area contributed by atoms with Crippen LogP contribution in [-0.4, -0.2) is 19.5 Å². The van der Waals surface area contributed by atoms with Crippen LogP contribution in [0.3, 0.4) is 0 Å². The number of aliphatic hydroxyl groups is 1. The highest BCUT2D eigenvalue weighted by Gasteiger charge is 2.04. The summed E-state index contributed by atoms with van der Waals surface area (Å²) in [7, 11) is 0. The van der Waals surface area contributed by atoms with Crippen LogP contribution >= 0.6 is 15.9 Å². The van der Waals surface area contributed by atoms with Crippen molar-refractivity contribution in [2.75, 3.05) is 5.32 Å². The van der Waals surface area contributed by atoms with Crippen molar-refractivity contribution in [3.63, 3.8) is 0 Å². The Labute approximate surface area is 124 Å². The molecular formula is C14H13BrN4O. The normalized spacial score (nSPS) is 10.9. The molecule has 0 aliphatic rings. The van der Waals surface area contributed by atoms with E-state index >= 15 is 0 Å². The lowest BCUT2D eigenvalue weighted by molar-refractivity contribution is 0.282. The van der Waals surface area contributed by atoms with Crippen LogP contribution < -0.4 is 5.32 Å². The zero-order valence-electron chi connectivity index (χ0n) is 10.6. The number of fused-ring (bicyclic) bond motifs is 1. The maximum absolute atomic E-state index is 9.01. The molecule has 0 fully saturated rings. The fourth-order valence-electron chi connectivity index (χ4n) is 1.97. The molecule has 6 heteroatoms. The minimum absolute atomic E-state index is 0.0641. The van der Waals surface area contributed by atoms with Gasteiger partial charge in [-0.2, -0.15) is 0 Å². The Bertz CT molecular complexity index is 724. The van der Waals surface area contributed by atoms with Crippen LogP contribution in [0.1, 0.15) is 11.3 Å². The summed E-state index contributed by atoms with van der Waals surface area (Å²) >= 11 is 3.36. The van der Waals surface area contributed by atoms with Gasteiger partial charge in [-0.25, -0.2) is 9.97 Å². The quantitative estimate of drug-likeness (QED) is 0.770. The molecule has 1 aromatic carbocycles. The molecule has 0 bridgehead atoms. The van der Waals surface area contributed by atoms with Crippen LogP contribution in [0.5, 0.6) is 0 Å². The Kier molecular flexibility index (Phi) is 3.66. The summed E-state index contributed by atoms with van der Waals surface area (Å²) in [6.45, 7) is 0.727. The number of aromatic nitrogens is 3. The van der Waals surface area contributed by atoms with Crippen molar-refractivity contribution in [1.29, 1.82) is 0 Å². The van der Waals surface area contributed by atoms with E-state index in [0.29, 0.717) is 6.54 Å². The molecule has 0 saturated carbocycles. The lowest BCUT2D eigenvalue weighted by atomic mass is 10.2. The number of hydrogen-bond donors (Lipinski definition) is 2. The van der Waals surface area contributed by atoms with Crippen molar-refractivity contribution in [3.05, 3.63) is 58.7 Å². The summed E-state index contributed by atoms with van der Waals surface area (Å²) in [5.41, 5.74) is 3.78. The van der Waals surface area contributed by atoms with Crippen LogP contribution in [0.2, 0.25) is 0 Å². The van der Waals surface area contributed by atoms with Gasteiger partial charge in [0.25, 0.3) is 0 Å². The van der Waals surface area contributed by atoms with Crippen molar-refractivity contribution < 1.29 is 5.11 Å². The lowest BCUT2D eigenvalue weighted by Crippen LogP contribution is -2.03. The third-order valence-electron chi connectivity index (χ3n) is 3.05.